The number of halogens is 1. The van der Waals surface area contributed by atoms with Gasteiger partial charge in [-0.25, -0.2) is 0 Å². The molecule has 2 atom stereocenters. The summed E-state index contributed by atoms with van der Waals surface area (Å²) in [6.45, 7) is 4.36. The minimum absolute atomic E-state index is 0.302. The van der Waals surface area contributed by atoms with Crippen molar-refractivity contribution in [1.29, 1.82) is 0 Å². The maximum absolute atomic E-state index is 5.89. The fraction of sp³-hybridized carbons (Fsp3) is 0.312. The molecular weight excluding hydrogens is 256 g/mol. The van der Waals surface area contributed by atoms with E-state index < -0.39 is 0 Å². The van der Waals surface area contributed by atoms with Crippen LogP contribution >= 0.6 is 11.6 Å². The van der Waals surface area contributed by atoms with E-state index >= 15 is 0 Å². The van der Waals surface area contributed by atoms with Crippen LogP contribution in [-0.2, 0) is 6.42 Å². The van der Waals surface area contributed by atoms with Gasteiger partial charge in [-0.15, -0.1) is 0 Å². The van der Waals surface area contributed by atoms with E-state index in [2.05, 4.69) is 42.3 Å². The van der Waals surface area contributed by atoms with Crippen molar-refractivity contribution in [3.63, 3.8) is 0 Å². The van der Waals surface area contributed by atoms with Crippen LogP contribution in [0.2, 0.25) is 5.02 Å². The molecule has 2 rings (SSSR count). The number of aromatic nitrogens is 1. The molecule has 0 aliphatic carbocycles. The lowest BCUT2D eigenvalue weighted by Crippen LogP contribution is -2.30. The molecule has 0 aliphatic heterocycles. The van der Waals surface area contributed by atoms with Gasteiger partial charge in [0.1, 0.15) is 0 Å². The fourth-order valence-electron chi connectivity index (χ4n) is 2.19. The van der Waals surface area contributed by atoms with Gasteiger partial charge in [-0.05, 0) is 49.6 Å². The zero-order chi connectivity index (χ0) is 13.7. The summed E-state index contributed by atoms with van der Waals surface area (Å²) in [7, 11) is 0. The molecule has 0 amide bonds. The van der Waals surface area contributed by atoms with E-state index in [4.69, 9.17) is 11.6 Å². The van der Waals surface area contributed by atoms with Crippen molar-refractivity contribution in [2.75, 3.05) is 0 Å². The third-order valence-electron chi connectivity index (χ3n) is 3.17. The van der Waals surface area contributed by atoms with E-state index in [9.17, 15) is 0 Å². The van der Waals surface area contributed by atoms with Gasteiger partial charge in [0, 0.05) is 29.5 Å². The summed E-state index contributed by atoms with van der Waals surface area (Å²) < 4.78 is 0. The molecule has 0 bridgehead atoms. The van der Waals surface area contributed by atoms with Gasteiger partial charge in [0.05, 0.1) is 0 Å². The van der Waals surface area contributed by atoms with Crippen molar-refractivity contribution in [2.24, 2.45) is 0 Å². The van der Waals surface area contributed by atoms with Gasteiger partial charge in [-0.1, -0.05) is 29.8 Å². The summed E-state index contributed by atoms with van der Waals surface area (Å²) in [6, 6.07) is 12.8. The van der Waals surface area contributed by atoms with Crippen LogP contribution in [-0.4, -0.2) is 11.0 Å². The Morgan fingerprint density at radius 2 is 1.89 bits per heavy atom. The van der Waals surface area contributed by atoms with Crippen molar-refractivity contribution in [3.05, 3.63) is 64.9 Å². The number of benzene rings is 1. The summed E-state index contributed by atoms with van der Waals surface area (Å²) in [4.78, 5) is 4.15. The Morgan fingerprint density at radius 1 is 1.16 bits per heavy atom. The van der Waals surface area contributed by atoms with E-state index in [1.54, 1.807) is 6.20 Å². The molecule has 1 N–H and O–H groups in total. The van der Waals surface area contributed by atoms with Gasteiger partial charge in [0.25, 0.3) is 0 Å². The number of pyridine rings is 1. The SMILES string of the molecule is CC(Cc1ccc(Cl)cc1)N[C@@H](C)c1cccnc1. The molecule has 0 spiro atoms. The Morgan fingerprint density at radius 3 is 2.53 bits per heavy atom. The molecule has 1 heterocycles. The summed E-state index contributed by atoms with van der Waals surface area (Å²) in [5.74, 6) is 0. The highest BCUT2D eigenvalue weighted by molar-refractivity contribution is 6.30. The normalized spacial score (nSPS) is 14.1. The maximum atomic E-state index is 5.89. The largest absolute Gasteiger partial charge is 0.307 e. The molecule has 0 radical (unpaired) electrons. The smallest absolute Gasteiger partial charge is 0.0406 e. The van der Waals surface area contributed by atoms with Gasteiger partial charge in [0.15, 0.2) is 0 Å². The first-order chi connectivity index (χ1) is 9.15. The van der Waals surface area contributed by atoms with E-state index in [0.29, 0.717) is 12.1 Å². The first-order valence-electron chi connectivity index (χ1n) is 6.55. The monoisotopic (exact) mass is 274 g/mol. The molecule has 2 aromatic rings. The molecule has 19 heavy (non-hydrogen) atoms. The van der Waals surface area contributed by atoms with Crippen molar-refractivity contribution < 1.29 is 0 Å². The van der Waals surface area contributed by atoms with Crippen LogP contribution in [0.15, 0.2) is 48.8 Å². The minimum atomic E-state index is 0.302. The van der Waals surface area contributed by atoms with Crippen LogP contribution in [0.3, 0.4) is 0 Å². The maximum Gasteiger partial charge on any atom is 0.0406 e. The highest BCUT2D eigenvalue weighted by atomic mass is 35.5. The summed E-state index contributed by atoms with van der Waals surface area (Å²) in [5.41, 5.74) is 2.51. The van der Waals surface area contributed by atoms with Gasteiger partial charge < -0.3 is 5.32 Å². The second-order valence-electron chi connectivity index (χ2n) is 4.91. The summed E-state index contributed by atoms with van der Waals surface area (Å²) >= 11 is 5.89. The zero-order valence-corrected chi connectivity index (χ0v) is 12.1. The number of nitrogens with zero attached hydrogens (tertiary/aromatic N) is 1. The predicted octanol–water partition coefficient (Wildman–Crippen LogP) is 4.02. The highest BCUT2D eigenvalue weighted by Gasteiger charge is 2.09. The lowest BCUT2D eigenvalue weighted by atomic mass is 10.0. The molecule has 0 saturated heterocycles. The van der Waals surface area contributed by atoms with Crippen LogP contribution in [0.1, 0.15) is 31.0 Å². The Labute approximate surface area is 119 Å². The number of nitrogens with one attached hydrogen (secondary N) is 1. The Balaban J connectivity index is 1.90. The van der Waals surface area contributed by atoms with E-state index in [-0.39, 0.29) is 0 Å². The molecule has 0 aliphatic rings. The standard InChI is InChI=1S/C16H19ClN2/c1-12(10-14-5-7-16(17)8-6-14)19-13(2)15-4-3-9-18-11-15/h3-9,11-13,19H,10H2,1-2H3/t12?,13-/m0/s1. The average Bonchev–Trinajstić information content (AvgIpc) is 2.42. The van der Waals surface area contributed by atoms with E-state index in [1.807, 2.05) is 24.4 Å². The number of hydrogen-bond acceptors (Lipinski definition) is 2. The molecule has 3 heteroatoms. The van der Waals surface area contributed by atoms with Crippen molar-refractivity contribution in [1.82, 2.24) is 10.3 Å². The van der Waals surface area contributed by atoms with Crippen LogP contribution in [0, 0.1) is 0 Å². The van der Waals surface area contributed by atoms with Crippen LogP contribution in [0.25, 0.3) is 0 Å². The van der Waals surface area contributed by atoms with Crippen molar-refractivity contribution in [2.45, 2.75) is 32.4 Å². The Kier molecular flexibility index (Phi) is 4.94. The molecule has 0 fully saturated rings. The Bertz CT molecular complexity index is 496. The van der Waals surface area contributed by atoms with Crippen molar-refractivity contribution >= 4 is 11.6 Å². The van der Waals surface area contributed by atoms with Gasteiger partial charge in [-0.2, -0.15) is 0 Å². The Hall–Kier alpha value is -1.38. The molecule has 1 aromatic heterocycles. The zero-order valence-electron chi connectivity index (χ0n) is 11.3. The van der Waals surface area contributed by atoms with Gasteiger partial charge >= 0.3 is 0 Å². The van der Waals surface area contributed by atoms with E-state index in [1.165, 1.54) is 11.1 Å². The highest BCUT2D eigenvalue weighted by Crippen LogP contribution is 2.14. The minimum Gasteiger partial charge on any atom is -0.307 e. The van der Waals surface area contributed by atoms with Crippen LogP contribution in [0.4, 0.5) is 0 Å². The fourth-order valence-corrected chi connectivity index (χ4v) is 2.31. The molecule has 1 aromatic carbocycles. The molecule has 2 nitrogen and oxygen atoms in total. The second kappa shape index (κ2) is 6.69. The van der Waals surface area contributed by atoms with Gasteiger partial charge in [-0.3, -0.25) is 4.98 Å². The topological polar surface area (TPSA) is 24.9 Å². The average molecular weight is 275 g/mol. The molecule has 100 valence electrons. The molecular formula is C16H19ClN2. The van der Waals surface area contributed by atoms with Crippen LogP contribution in [0.5, 0.6) is 0 Å². The predicted molar refractivity (Wildman–Crippen MR) is 80.4 cm³/mol. The first-order valence-corrected chi connectivity index (χ1v) is 6.93. The summed E-state index contributed by atoms with van der Waals surface area (Å²) in [5, 5.41) is 4.37. The van der Waals surface area contributed by atoms with Crippen LogP contribution < -0.4 is 5.32 Å². The summed E-state index contributed by atoms with van der Waals surface area (Å²) in [6.07, 6.45) is 4.70. The van der Waals surface area contributed by atoms with Crippen molar-refractivity contribution in [3.8, 4) is 0 Å². The van der Waals surface area contributed by atoms with Gasteiger partial charge in [0.2, 0.25) is 0 Å². The lowest BCUT2D eigenvalue weighted by molar-refractivity contribution is 0.476. The molecule has 1 unspecified atom stereocenters. The first kappa shape index (κ1) is 14.0. The number of rotatable bonds is 5. The quantitative estimate of drug-likeness (QED) is 0.891. The lowest BCUT2D eigenvalue weighted by Gasteiger charge is -2.20. The molecule has 0 saturated carbocycles. The van der Waals surface area contributed by atoms with E-state index in [0.717, 1.165) is 11.4 Å². The third kappa shape index (κ3) is 4.34. The second-order valence-corrected chi connectivity index (χ2v) is 5.34. The number of hydrogen-bond donors (Lipinski definition) is 1. The third-order valence-corrected chi connectivity index (χ3v) is 3.43.